The zero-order valence-electron chi connectivity index (χ0n) is 14.6. The summed E-state index contributed by atoms with van der Waals surface area (Å²) < 4.78 is 18.0. The van der Waals surface area contributed by atoms with Crippen molar-refractivity contribution in [3.63, 3.8) is 0 Å². The van der Waals surface area contributed by atoms with Gasteiger partial charge in [0.2, 0.25) is 5.91 Å². The smallest absolute Gasteiger partial charge is 0.294 e. The number of carbonyl (C=O) groups excluding carboxylic acids is 3. The average molecular weight is 421 g/mol. The summed E-state index contributed by atoms with van der Waals surface area (Å²) in [7, 11) is 1.47. The molecule has 2 aromatic carbocycles. The number of hydrogen-bond acceptors (Lipinski definition) is 5. The fraction of sp³-hybridized carbons (Fsp3) is 0.105. The zero-order chi connectivity index (χ0) is 20.3. The van der Waals surface area contributed by atoms with Gasteiger partial charge in [-0.3, -0.25) is 19.3 Å². The van der Waals surface area contributed by atoms with Crippen LogP contribution in [0.25, 0.3) is 6.08 Å². The molecule has 1 fully saturated rings. The SMILES string of the molecule is COc1ccc(NC(=O)CN2C(=O)SC(=Cc3ccc(F)cc3)C2=O)cc1Cl. The number of rotatable bonds is 5. The van der Waals surface area contributed by atoms with Crippen LogP contribution in [0.2, 0.25) is 5.02 Å². The van der Waals surface area contributed by atoms with E-state index in [1.165, 1.54) is 43.5 Å². The summed E-state index contributed by atoms with van der Waals surface area (Å²) in [4.78, 5) is 37.8. The van der Waals surface area contributed by atoms with Gasteiger partial charge in [0.15, 0.2) is 0 Å². The molecular formula is C19H14ClFN2O4S. The largest absolute Gasteiger partial charge is 0.495 e. The molecule has 0 saturated carbocycles. The van der Waals surface area contributed by atoms with Crippen LogP contribution in [-0.2, 0) is 9.59 Å². The molecule has 3 amide bonds. The van der Waals surface area contributed by atoms with Gasteiger partial charge in [-0.1, -0.05) is 23.7 Å². The zero-order valence-corrected chi connectivity index (χ0v) is 16.1. The van der Waals surface area contributed by atoms with Crippen LogP contribution in [-0.4, -0.2) is 35.6 Å². The fourth-order valence-corrected chi connectivity index (χ4v) is 3.53. The first-order chi connectivity index (χ1) is 13.4. The van der Waals surface area contributed by atoms with E-state index in [0.717, 1.165) is 16.7 Å². The third kappa shape index (κ3) is 4.52. The van der Waals surface area contributed by atoms with Crippen molar-refractivity contribution in [2.75, 3.05) is 19.0 Å². The van der Waals surface area contributed by atoms with Crippen LogP contribution in [0, 0.1) is 5.82 Å². The minimum atomic E-state index is -0.581. The van der Waals surface area contributed by atoms with Crippen LogP contribution in [0.15, 0.2) is 47.4 Å². The van der Waals surface area contributed by atoms with Crippen molar-refractivity contribution in [3.05, 3.63) is 63.8 Å². The highest BCUT2D eigenvalue weighted by atomic mass is 35.5. The highest BCUT2D eigenvalue weighted by Crippen LogP contribution is 2.32. The first-order valence-electron chi connectivity index (χ1n) is 8.01. The van der Waals surface area contributed by atoms with Crippen molar-refractivity contribution in [1.29, 1.82) is 0 Å². The number of anilines is 1. The predicted octanol–water partition coefficient (Wildman–Crippen LogP) is 4.16. The predicted molar refractivity (Wildman–Crippen MR) is 106 cm³/mol. The van der Waals surface area contributed by atoms with Crippen LogP contribution in [0.1, 0.15) is 5.56 Å². The summed E-state index contributed by atoms with van der Waals surface area (Å²) in [6.07, 6.45) is 1.48. The minimum Gasteiger partial charge on any atom is -0.495 e. The van der Waals surface area contributed by atoms with Crippen molar-refractivity contribution in [1.82, 2.24) is 4.90 Å². The number of hydrogen-bond donors (Lipinski definition) is 1. The Bertz CT molecular complexity index is 978. The summed E-state index contributed by atoms with van der Waals surface area (Å²) >= 11 is 6.73. The van der Waals surface area contributed by atoms with Gasteiger partial charge in [-0.15, -0.1) is 0 Å². The quantitative estimate of drug-likeness (QED) is 0.735. The second-order valence-corrected chi connectivity index (χ2v) is 7.12. The Balaban J connectivity index is 1.67. The van der Waals surface area contributed by atoms with E-state index in [0.29, 0.717) is 22.0 Å². The van der Waals surface area contributed by atoms with Crippen LogP contribution >= 0.6 is 23.4 Å². The lowest BCUT2D eigenvalue weighted by Gasteiger charge is -2.13. The molecule has 2 aromatic rings. The van der Waals surface area contributed by atoms with Gasteiger partial charge in [-0.05, 0) is 53.7 Å². The molecule has 1 saturated heterocycles. The molecule has 1 aliphatic rings. The lowest BCUT2D eigenvalue weighted by atomic mass is 10.2. The maximum Gasteiger partial charge on any atom is 0.294 e. The van der Waals surface area contributed by atoms with Gasteiger partial charge < -0.3 is 10.1 Å². The first kappa shape index (κ1) is 19.9. The van der Waals surface area contributed by atoms with E-state index >= 15 is 0 Å². The molecule has 6 nitrogen and oxygen atoms in total. The first-order valence-corrected chi connectivity index (χ1v) is 9.21. The third-order valence-electron chi connectivity index (χ3n) is 3.78. The molecule has 28 heavy (non-hydrogen) atoms. The monoisotopic (exact) mass is 420 g/mol. The molecule has 0 unspecified atom stereocenters. The van der Waals surface area contributed by atoms with Gasteiger partial charge in [-0.25, -0.2) is 4.39 Å². The number of nitrogens with one attached hydrogen (secondary N) is 1. The Kier molecular flexibility index (Phi) is 6.01. The number of ether oxygens (including phenoxy) is 1. The molecule has 0 radical (unpaired) electrons. The highest BCUT2D eigenvalue weighted by Gasteiger charge is 2.36. The molecule has 9 heteroatoms. The Morgan fingerprint density at radius 2 is 1.96 bits per heavy atom. The summed E-state index contributed by atoms with van der Waals surface area (Å²) in [6.45, 7) is -0.435. The highest BCUT2D eigenvalue weighted by molar-refractivity contribution is 8.18. The standard InChI is InChI=1S/C19H14ClFN2O4S/c1-27-15-7-6-13(9-14(15)20)22-17(24)10-23-18(25)16(28-19(23)26)8-11-2-4-12(21)5-3-11/h2-9H,10H2,1H3,(H,22,24). The van der Waals surface area contributed by atoms with E-state index < -0.39 is 29.4 Å². The maximum atomic E-state index is 13.0. The van der Waals surface area contributed by atoms with E-state index in [-0.39, 0.29) is 4.91 Å². The molecule has 0 bridgehead atoms. The third-order valence-corrected chi connectivity index (χ3v) is 4.98. The Labute approximate surface area is 169 Å². The number of imide groups is 1. The summed E-state index contributed by atoms with van der Waals surface area (Å²) in [5.41, 5.74) is 0.980. The van der Waals surface area contributed by atoms with Crippen LogP contribution < -0.4 is 10.1 Å². The van der Waals surface area contributed by atoms with Crippen molar-refractivity contribution in [3.8, 4) is 5.75 Å². The van der Waals surface area contributed by atoms with Crippen molar-refractivity contribution < 1.29 is 23.5 Å². The number of benzene rings is 2. The Hall–Kier alpha value is -2.84. The summed E-state index contributed by atoms with van der Waals surface area (Å²) in [6, 6.07) is 10.2. The number of amides is 3. The van der Waals surface area contributed by atoms with Crippen LogP contribution in [0.3, 0.4) is 0 Å². The molecule has 3 rings (SSSR count). The van der Waals surface area contributed by atoms with Gasteiger partial charge in [0.25, 0.3) is 11.1 Å². The number of methoxy groups -OCH3 is 1. The van der Waals surface area contributed by atoms with Crippen molar-refractivity contribution in [2.45, 2.75) is 0 Å². The van der Waals surface area contributed by atoms with Gasteiger partial charge in [0.1, 0.15) is 18.1 Å². The molecule has 1 aliphatic heterocycles. The fourth-order valence-electron chi connectivity index (χ4n) is 2.43. The number of nitrogens with zero attached hydrogens (tertiary/aromatic N) is 1. The maximum absolute atomic E-state index is 13.0. The van der Waals surface area contributed by atoms with Crippen LogP contribution in [0.4, 0.5) is 14.9 Å². The van der Waals surface area contributed by atoms with Crippen LogP contribution in [0.5, 0.6) is 5.75 Å². The average Bonchev–Trinajstić information content (AvgIpc) is 2.91. The number of carbonyl (C=O) groups is 3. The van der Waals surface area contributed by atoms with Gasteiger partial charge in [0, 0.05) is 5.69 Å². The lowest BCUT2D eigenvalue weighted by molar-refractivity contribution is -0.127. The summed E-state index contributed by atoms with van der Waals surface area (Å²) in [5.74, 6) is -1.08. The Morgan fingerprint density at radius 1 is 1.25 bits per heavy atom. The van der Waals surface area contributed by atoms with E-state index in [1.807, 2.05) is 0 Å². The van der Waals surface area contributed by atoms with Crippen molar-refractivity contribution in [2.24, 2.45) is 0 Å². The molecule has 0 spiro atoms. The lowest BCUT2D eigenvalue weighted by Crippen LogP contribution is -2.36. The molecule has 0 atom stereocenters. The van der Waals surface area contributed by atoms with Gasteiger partial charge in [0.05, 0.1) is 17.0 Å². The second-order valence-electron chi connectivity index (χ2n) is 5.72. The molecule has 1 N–H and O–H groups in total. The molecular weight excluding hydrogens is 407 g/mol. The van der Waals surface area contributed by atoms with Gasteiger partial charge >= 0.3 is 0 Å². The van der Waals surface area contributed by atoms with E-state index in [9.17, 15) is 18.8 Å². The van der Waals surface area contributed by atoms with E-state index in [2.05, 4.69) is 5.32 Å². The topological polar surface area (TPSA) is 75.7 Å². The van der Waals surface area contributed by atoms with Gasteiger partial charge in [-0.2, -0.15) is 0 Å². The molecule has 0 aliphatic carbocycles. The van der Waals surface area contributed by atoms with E-state index in [4.69, 9.17) is 16.3 Å². The minimum absolute atomic E-state index is 0.164. The molecule has 1 heterocycles. The Morgan fingerprint density at radius 3 is 2.61 bits per heavy atom. The summed E-state index contributed by atoms with van der Waals surface area (Å²) in [5, 5.41) is 2.34. The number of thioether (sulfide) groups is 1. The van der Waals surface area contributed by atoms with Crippen molar-refractivity contribution >= 4 is 52.2 Å². The molecule has 144 valence electrons. The normalized spacial score (nSPS) is 15.2. The second kappa shape index (κ2) is 8.45. The van der Waals surface area contributed by atoms with E-state index in [1.54, 1.807) is 12.1 Å². The molecule has 0 aromatic heterocycles. The number of halogens is 2.